The van der Waals surface area contributed by atoms with E-state index in [2.05, 4.69) is 16.9 Å². The van der Waals surface area contributed by atoms with Crippen molar-refractivity contribution < 1.29 is 18.6 Å². The average molecular weight is 356 g/mol. The lowest BCUT2D eigenvalue weighted by molar-refractivity contribution is -0.103. The van der Waals surface area contributed by atoms with Crippen LogP contribution in [0.2, 0.25) is 0 Å². The first-order valence-corrected chi connectivity index (χ1v) is 8.74. The van der Waals surface area contributed by atoms with Crippen molar-refractivity contribution in [2.45, 2.75) is 25.9 Å². The van der Waals surface area contributed by atoms with Crippen molar-refractivity contribution in [3.8, 4) is 23.6 Å². The fourth-order valence-electron chi connectivity index (χ4n) is 2.65. The van der Waals surface area contributed by atoms with Gasteiger partial charge in [0, 0.05) is 11.5 Å². The largest absolute Gasteiger partial charge is 0.446 e. The molecule has 7 heteroatoms. The Hall–Kier alpha value is -2.56. The van der Waals surface area contributed by atoms with Crippen molar-refractivity contribution in [3.63, 3.8) is 0 Å². The number of hydrogen-bond acceptors (Lipinski definition) is 6. The van der Waals surface area contributed by atoms with E-state index in [0.717, 1.165) is 11.1 Å². The van der Waals surface area contributed by atoms with Gasteiger partial charge in [0.25, 0.3) is 0 Å². The van der Waals surface area contributed by atoms with Gasteiger partial charge >= 0.3 is 11.8 Å². The Morgan fingerprint density at radius 2 is 2.23 bits per heavy atom. The Bertz CT molecular complexity index is 895. The van der Waals surface area contributed by atoms with Gasteiger partial charge in [-0.25, -0.2) is 4.79 Å². The lowest BCUT2D eigenvalue weighted by Crippen LogP contribution is -2.33. The Labute approximate surface area is 150 Å². The van der Waals surface area contributed by atoms with E-state index in [1.54, 1.807) is 0 Å². The fourth-order valence-corrected chi connectivity index (χ4v) is 2.65. The van der Waals surface area contributed by atoms with Gasteiger partial charge in [-0.2, -0.15) is 4.68 Å². The van der Waals surface area contributed by atoms with Crippen LogP contribution < -0.4 is 10.5 Å². The van der Waals surface area contributed by atoms with E-state index in [1.807, 2.05) is 25.1 Å². The van der Waals surface area contributed by atoms with Crippen molar-refractivity contribution in [1.29, 1.82) is 0 Å². The van der Waals surface area contributed by atoms with Crippen LogP contribution in [-0.4, -0.2) is 42.3 Å². The monoisotopic (exact) mass is 356 g/mol. The van der Waals surface area contributed by atoms with Crippen molar-refractivity contribution in [2.75, 3.05) is 26.4 Å². The minimum absolute atomic E-state index is 0.0822. The standard InChI is InChI=1S/C19H20N2O5/c1-13-10-15(5-4-14-2-3-14)6-7-17(13)21-19(22)26-18(20-21)25-12-16-11-23-8-9-24-16/h6-7,10,14,16H,2-3,8-9,11-12H2,1H3. The number of ether oxygens (including phenoxy) is 3. The molecule has 0 bridgehead atoms. The normalized spacial score (nSPS) is 19.7. The summed E-state index contributed by atoms with van der Waals surface area (Å²) in [6.07, 6.45) is 2.12. The van der Waals surface area contributed by atoms with Gasteiger partial charge in [0.1, 0.15) is 12.7 Å². The molecule has 0 amide bonds. The van der Waals surface area contributed by atoms with Gasteiger partial charge in [-0.05, 0) is 43.5 Å². The second-order valence-corrected chi connectivity index (χ2v) is 6.47. The second kappa shape index (κ2) is 7.36. The Balaban J connectivity index is 1.48. The third kappa shape index (κ3) is 3.98. The van der Waals surface area contributed by atoms with Crippen molar-refractivity contribution >= 4 is 0 Å². The predicted octanol–water partition coefficient (Wildman–Crippen LogP) is 1.69. The molecule has 4 rings (SSSR count). The molecule has 1 saturated carbocycles. The minimum atomic E-state index is -0.597. The summed E-state index contributed by atoms with van der Waals surface area (Å²) in [5.41, 5.74) is 2.46. The van der Waals surface area contributed by atoms with E-state index in [1.165, 1.54) is 17.5 Å². The Morgan fingerprint density at radius 1 is 1.35 bits per heavy atom. The van der Waals surface area contributed by atoms with E-state index >= 15 is 0 Å². The summed E-state index contributed by atoms with van der Waals surface area (Å²) in [7, 11) is 0. The molecule has 1 aliphatic heterocycles. The van der Waals surface area contributed by atoms with Gasteiger partial charge in [0.05, 0.1) is 25.5 Å². The summed E-state index contributed by atoms with van der Waals surface area (Å²) in [6, 6.07) is 5.64. The maximum atomic E-state index is 12.1. The predicted molar refractivity (Wildman–Crippen MR) is 92.5 cm³/mol. The molecule has 0 radical (unpaired) electrons. The molecule has 7 nitrogen and oxygen atoms in total. The molecule has 136 valence electrons. The molecular weight excluding hydrogens is 336 g/mol. The van der Waals surface area contributed by atoms with Crippen LogP contribution in [0.4, 0.5) is 0 Å². The summed E-state index contributed by atoms with van der Waals surface area (Å²) in [5, 5.41) is 4.12. The summed E-state index contributed by atoms with van der Waals surface area (Å²) in [5.74, 6) is 6.35. The summed E-state index contributed by atoms with van der Waals surface area (Å²) in [4.78, 5) is 12.1. The molecule has 1 atom stereocenters. The van der Waals surface area contributed by atoms with Gasteiger partial charge in [0.15, 0.2) is 0 Å². The molecule has 1 saturated heterocycles. The first-order chi connectivity index (χ1) is 12.7. The van der Waals surface area contributed by atoms with Crippen molar-refractivity contribution in [2.24, 2.45) is 5.92 Å². The van der Waals surface area contributed by atoms with Crippen LogP contribution in [0.25, 0.3) is 5.69 Å². The maximum Gasteiger partial charge on any atom is 0.444 e. The number of rotatable bonds is 4. The summed E-state index contributed by atoms with van der Waals surface area (Å²) in [6.45, 7) is 3.69. The van der Waals surface area contributed by atoms with Gasteiger partial charge < -0.3 is 18.6 Å². The van der Waals surface area contributed by atoms with Crippen molar-refractivity contribution in [1.82, 2.24) is 9.78 Å². The van der Waals surface area contributed by atoms with E-state index < -0.39 is 5.76 Å². The van der Waals surface area contributed by atoms with Crippen LogP contribution >= 0.6 is 0 Å². The van der Waals surface area contributed by atoms with Gasteiger partial charge in [-0.15, -0.1) is 0 Å². The van der Waals surface area contributed by atoms with Crippen LogP contribution in [0.1, 0.15) is 24.0 Å². The number of aromatic nitrogens is 2. The number of nitrogens with zero attached hydrogens (tertiary/aromatic N) is 2. The lowest BCUT2D eigenvalue weighted by atomic mass is 10.1. The average Bonchev–Trinajstić information content (AvgIpc) is 3.41. The number of benzene rings is 1. The van der Waals surface area contributed by atoms with E-state index in [0.29, 0.717) is 31.4 Å². The van der Waals surface area contributed by atoms with Gasteiger partial charge in [0.2, 0.25) is 0 Å². The van der Waals surface area contributed by atoms with Crippen LogP contribution in [-0.2, 0) is 9.47 Å². The molecule has 26 heavy (non-hydrogen) atoms. The molecule has 2 aromatic rings. The van der Waals surface area contributed by atoms with E-state index in [-0.39, 0.29) is 18.8 Å². The summed E-state index contributed by atoms with van der Waals surface area (Å²) >= 11 is 0. The number of aryl methyl sites for hydroxylation is 1. The molecule has 1 aromatic heterocycles. The van der Waals surface area contributed by atoms with Gasteiger partial charge in [-0.1, -0.05) is 16.9 Å². The molecule has 1 aliphatic carbocycles. The SMILES string of the molecule is Cc1cc(C#CC2CC2)ccc1-n1nc(OCC2COCCO2)oc1=O. The highest BCUT2D eigenvalue weighted by molar-refractivity contribution is 5.47. The molecule has 0 N–H and O–H groups in total. The topological polar surface area (TPSA) is 75.7 Å². The van der Waals surface area contributed by atoms with Crippen LogP contribution in [0.5, 0.6) is 6.08 Å². The third-order valence-electron chi connectivity index (χ3n) is 4.23. The zero-order valence-corrected chi connectivity index (χ0v) is 14.6. The first kappa shape index (κ1) is 16.9. The minimum Gasteiger partial charge on any atom is -0.446 e. The Morgan fingerprint density at radius 3 is 2.96 bits per heavy atom. The third-order valence-corrected chi connectivity index (χ3v) is 4.23. The highest BCUT2D eigenvalue weighted by Crippen LogP contribution is 2.27. The fraction of sp³-hybridized carbons (Fsp3) is 0.474. The number of hydrogen-bond donors (Lipinski definition) is 0. The quantitative estimate of drug-likeness (QED) is 0.776. The van der Waals surface area contributed by atoms with Crippen LogP contribution in [0.3, 0.4) is 0 Å². The van der Waals surface area contributed by atoms with E-state index in [4.69, 9.17) is 18.6 Å². The highest BCUT2D eigenvalue weighted by Gasteiger charge is 2.19. The lowest BCUT2D eigenvalue weighted by Gasteiger charge is -2.21. The highest BCUT2D eigenvalue weighted by atomic mass is 16.6. The zero-order chi connectivity index (χ0) is 17.9. The molecule has 2 fully saturated rings. The molecule has 2 heterocycles. The molecule has 1 aromatic carbocycles. The van der Waals surface area contributed by atoms with Gasteiger partial charge in [-0.3, -0.25) is 0 Å². The smallest absolute Gasteiger partial charge is 0.444 e. The van der Waals surface area contributed by atoms with Crippen LogP contribution in [0.15, 0.2) is 27.4 Å². The first-order valence-electron chi connectivity index (χ1n) is 8.74. The summed E-state index contributed by atoms with van der Waals surface area (Å²) < 4.78 is 22.5. The molecule has 0 spiro atoms. The zero-order valence-electron chi connectivity index (χ0n) is 14.6. The molecule has 2 aliphatic rings. The van der Waals surface area contributed by atoms with Crippen molar-refractivity contribution in [3.05, 3.63) is 39.9 Å². The maximum absolute atomic E-state index is 12.1. The molecule has 1 unspecified atom stereocenters. The second-order valence-electron chi connectivity index (χ2n) is 6.47. The van der Waals surface area contributed by atoms with E-state index in [9.17, 15) is 4.79 Å². The molecular formula is C19H20N2O5. The Kier molecular flexibility index (Phi) is 4.78. The van der Waals surface area contributed by atoms with Crippen LogP contribution in [0, 0.1) is 24.7 Å².